The van der Waals surface area contributed by atoms with Gasteiger partial charge in [-0.25, -0.2) is 4.98 Å². The van der Waals surface area contributed by atoms with Gasteiger partial charge in [-0.05, 0) is 32.2 Å². The first-order valence-corrected chi connectivity index (χ1v) is 6.11. The summed E-state index contributed by atoms with van der Waals surface area (Å²) >= 11 is 0. The van der Waals surface area contributed by atoms with Crippen molar-refractivity contribution in [2.24, 2.45) is 0 Å². The van der Waals surface area contributed by atoms with Crippen LogP contribution < -0.4 is 5.32 Å². The number of aromatic nitrogens is 2. The molecule has 15 heavy (non-hydrogen) atoms. The Hall–Kier alpha value is -0.830. The summed E-state index contributed by atoms with van der Waals surface area (Å²) in [6.45, 7) is 5.65. The van der Waals surface area contributed by atoms with Crippen molar-refractivity contribution in [2.45, 2.75) is 51.6 Å². The van der Waals surface area contributed by atoms with Gasteiger partial charge < -0.3 is 9.88 Å². The van der Waals surface area contributed by atoms with E-state index in [2.05, 4.69) is 28.7 Å². The van der Waals surface area contributed by atoms with Crippen LogP contribution in [0.1, 0.15) is 57.3 Å². The molecule has 84 valence electrons. The quantitative estimate of drug-likeness (QED) is 0.822. The van der Waals surface area contributed by atoms with Crippen molar-refractivity contribution < 1.29 is 0 Å². The minimum Gasteiger partial charge on any atom is -0.330 e. The lowest BCUT2D eigenvalue weighted by molar-refractivity contribution is 0.437. The zero-order valence-electron chi connectivity index (χ0n) is 9.74. The third-order valence-corrected chi connectivity index (χ3v) is 3.45. The minimum absolute atomic E-state index is 0.535. The van der Waals surface area contributed by atoms with Gasteiger partial charge in [-0.2, -0.15) is 0 Å². The van der Waals surface area contributed by atoms with Gasteiger partial charge in [0.1, 0.15) is 0 Å². The first kappa shape index (κ1) is 10.7. The largest absolute Gasteiger partial charge is 0.330 e. The minimum atomic E-state index is 0.535. The van der Waals surface area contributed by atoms with E-state index in [0.717, 1.165) is 6.54 Å². The van der Waals surface area contributed by atoms with E-state index in [1.165, 1.54) is 31.4 Å². The molecular formula is C12H21N3. The maximum Gasteiger partial charge on any atom is 0.0951 e. The van der Waals surface area contributed by atoms with E-state index in [-0.39, 0.29) is 0 Å². The predicted octanol–water partition coefficient (Wildman–Crippen LogP) is 2.67. The second kappa shape index (κ2) is 4.79. The van der Waals surface area contributed by atoms with Crippen molar-refractivity contribution >= 4 is 0 Å². The molecule has 1 saturated heterocycles. The summed E-state index contributed by atoms with van der Waals surface area (Å²) in [6, 6.07) is 1.15. The van der Waals surface area contributed by atoms with Crippen LogP contribution in [-0.4, -0.2) is 16.1 Å². The highest BCUT2D eigenvalue weighted by atomic mass is 15.1. The summed E-state index contributed by atoms with van der Waals surface area (Å²) < 4.78 is 2.36. The molecule has 0 saturated carbocycles. The average Bonchev–Trinajstić information content (AvgIpc) is 2.88. The van der Waals surface area contributed by atoms with Gasteiger partial charge in [0.05, 0.1) is 12.0 Å². The van der Waals surface area contributed by atoms with Crippen molar-refractivity contribution in [2.75, 3.05) is 6.54 Å². The Morgan fingerprint density at radius 1 is 1.53 bits per heavy atom. The maximum absolute atomic E-state index is 4.31. The molecular weight excluding hydrogens is 186 g/mol. The lowest BCUT2D eigenvalue weighted by Gasteiger charge is -2.20. The van der Waals surface area contributed by atoms with Crippen LogP contribution >= 0.6 is 0 Å². The molecule has 0 spiro atoms. The van der Waals surface area contributed by atoms with Crippen LogP contribution in [0, 0.1) is 0 Å². The number of nitrogens with zero attached hydrogens (tertiary/aromatic N) is 2. The van der Waals surface area contributed by atoms with Crippen LogP contribution in [0.15, 0.2) is 12.5 Å². The van der Waals surface area contributed by atoms with E-state index in [1.54, 1.807) is 0 Å². The third-order valence-electron chi connectivity index (χ3n) is 3.45. The van der Waals surface area contributed by atoms with Gasteiger partial charge in [-0.1, -0.05) is 13.8 Å². The van der Waals surface area contributed by atoms with E-state index in [4.69, 9.17) is 0 Å². The second-order valence-corrected chi connectivity index (χ2v) is 4.35. The van der Waals surface area contributed by atoms with Crippen LogP contribution in [0.4, 0.5) is 0 Å². The van der Waals surface area contributed by atoms with E-state index in [1.807, 2.05) is 12.5 Å². The fraction of sp³-hybridized carbons (Fsp3) is 0.750. The summed E-state index contributed by atoms with van der Waals surface area (Å²) in [6.07, 6.45) is 8.94. The van der Waals surface area contributed by atoms with E-state index in [9.17, 15) is 0 Å². The van der Waals surface area contributed by atoms with Gasteiger partial charge in [0, 0.05) is 18.3 Å². The molecule has 1 aliphatic heterocycles. The van der Waals surface area contributed by atoms with Crippen molar-refractivity contribution in [3.8, 4) is 0 Å². The summed E-state index contributed by atoms with van der Waals surface area (Å²) in [4.78, 5) is 4.31. The highest BCUT2D eigenvalue weighted by molar-refractivity contribution is 5.08. The van der Waals surface area contributed by atoms with Crippen molar-refractivity contribution in [1.82, 2.24) is 14.9 Å². The zero-order valence-corrected chi connectivity index (χ0v) is 9.74. The summed E-state index contributed by atoms with van der Waals surface area (Å²) in [5.74, 6) is 0. The topological polar surface area (TPSA) is 29.9 Å². The molecule has 2 heterocycles. The van der Waals surface area contributed by atoms with Gasteiger partial charge in [-0.15, -0.1) is 0 Å². The van der Waals surface area contributed by atoms with Crippen molar-refractivity contribution in [3.63, 3.8) is 0 Å². The van der Waals surface area contributed by atoms with Gasteiger partial charge in [0.2, 0.25) is 0 Å². The number of hydrogen-bond donors (Lipinski definition) is 1. The number of nitrogens with one attached hydrogen (secondary N) is 1. The SMILES string of the molecule is CCC(CC)n1cncc1C1CCCN1. The zero-order chi connectivity index (χ0) is 10.7. The second-order valence-electron chi connectivity index (χ2n) is 4.35. The standard InChI is InChI=1S/C12H21N3/c1-3-10(4-2)15-9-13-8-12(15)11-6-5-7-14-11/h8-11,14H,3-7H2,1-2H3. The first-order valence-electron chi connectivity index (χ1n) is 6.11. The highest BCUT2D eigenvalue weighted by Crippen LogP contribution is 2.27. The molecule has 0 aromatic carbocycles. The fourth-order valence-corrected chi connectivity index (χ4v) is 2.51. The van der Waals surface area contributed by atoms with Crippen LogP contribution in [0.5, 0.6) is 0 Å². The molecule has 3 heteroatoms. The molecule has 0 aliphatic carbocycles. The van der Waals surface area contributed by atoms with E-state index >= 15 is 0 Å². The molecule has 1 atom stereocenters. The summed E-state index contributed by atoms with van der Waals surface area (Å²) in [7, 11) is 0. The Kier molecular flexibility index (Phi) is 3.41. The smallest absolute Gasteiger partial charge is 0.0951 e. The van der Waals surface area contributed by atoms with Gasteiger partial charge >= 0.3 is 0 Å². The van der Waals surface area contributed by atoms with Crippen LogP contribution in [-0.2, 0) is 0 Å². The summed E-state index contributed by atoms with van der Waals surface area (Å²) in [5.41, 5.74) is 1.38. The lowest BCUT2D eigenvalue weighted by atomic mass is 10.1. The monoisotopic (exact) mass is 207 g/mol. The maximum atomic E-state index is 4.31. The Labute approximate surface area is 91.9 Å². The molecule has 0 bridgehead atoms. The van der Waals surface area contributed by atoms with E-state index < -0.39 is 0 Å². The molecule has 1 aliphatic rings. The van der Waals surface area contributed by atoms with Gasteiger partial charge in [0.25, 0.3) is 0 Å². The summed E-state index contributed by atoms with van der Waals surface area (Å²) in [5, 5.41) is 3.54. The van der Waals surface area contributed by atoms with Crippen LogP contribution in [0.2, 0.25) is 0 Å². The van der Waals surface area contributed by atoms with Gasteiger partial charge in [-0.3, -0.25) is 0 Å². The molecule has 1 aromatic heterocycles. The Balaban J connectivity index is 2.20. The van der Waals surface area contributed by atoms with E-state index in [0.29, 0.717) is 12.1 Å². The first-order chi connectivity index (χ1) is 7.36. The normalized spacial score (nSPS) is 21.4. The Bertz CT molecular complexity index is 279. The molecule has 1 aromatic rings. The lowest BCUT2D eigenvalue weighted by Crippen LogP contribution is -2.19. The molecule has 1 N–H and O–H groups in total. The highest BCUT2D eigenvalue weighted by Gasteiger charge is 2.21. The molecule has 0 amide bonds. The Morgan fingerprint density at radius 2 is 2.33 bits per heavy atom. The number of rotatable bonds is 4. The molecule has 3 nitrogen and oxygen atoms in total. The third kappa shape index (κ3) is 2.07. The molecule has 1 unspecified atom stereocenters. The number of hydrogen-bond acceptors (Lipinski definition) is 2. The molecule has 2 rings (SSSR count). The molecule has 1 fully saturated rings. The predicted molar refractivity (Wildman–Crippen MR) is 61.8 cm³/mol. The van der Waals surface area contributed by atoms with Gasteiger partial charge in [0.15, 0.2) is 0 Å². The fourth-order valence-electron chi connectivity index (χ4n) is 2.51. The van der Waals surface area contributed by atoms with Crippen LogP contribution in [0.25, 0.3) is 0 Å². The van der Waals surface area contributed by atoms with Crippen molar-refractivity contribution in [3.05, 3.63) is 18.2 Å². The Morgan fingerprint density at radius 3 is 2.93 bits per heavy atom. The average molecular weight is 207 g/mol. The number of imidazole rings is 1. The van der Waals surface area contributed by atoms with Crippen molar-refractivity contribution in [1.29, 1.82) is 0 Å². The molecule has 0 radical (unpaired) electrons. The van der Waals surface area contributed by atoms with Crippen LogP contribution in [0.3, 0.4) is 0 Å².